The topological polar surface area (TPSA) is 92.8 Å². The molecular formula is C19H14ClFN2O5. The maximum absolute atomic E-state index is 13.6. The first kappa shape index (κ1) is 19.5. The highest BCUT2D eigenvalue weighted by atomic mass is 35.5. The number of halogens is 2. The van der Waals surface area contributed by atoms with E-state index >= 15 is 0 Å². The van der Waals surface area contributed by atoms with Crippen LogP contribution in [0.1, 0.15) is 27.6 Å². The molecule has 2 aromatic carbocycles. The lowest BCUT2D eigenvalue weighted by atomic mass is 10.1. The fourth-order valence-electron chi connectivity index (χ4n) is 2.70. The SMILES string of the molecule is C[C@@H](C(=O)OCC(=O)Nc1cc(Cl)ccc1F)N1C(=O)c2ccccc2C1=O. The zero-order chi connectivity index (χ0) is 20.4. The molecule has 9 heteroatoms. The second-order valence-corrected chi connectivity index (χ2v) is 6.42. The van der Waals surface area contributed by atoms with Crippen LogP contribution in [-0.4, -0.2) is 41.2 Å². The van der Waals surface area contributed by atoms with Crippen molar-refractivity contribution in [1.82, 2.24) is 4.90 Å². The lowest BCUT2D eigenvalue weighted by Crippen LogP contribution is -2.44. The number of nitrogens with one attached hydrogen (secondary N) is 1. The molecule has 28 heavy (non-hydrogen) atoms. The van der Waals surface area contributed by atoms with Gasteiger partial charge >= 0.3 is 5.97 Å². The molecule has 0 spiro atoms. The lowest BCUT2D eigenvalue weighted by Gasteiger charge is -2.20. The van der Waals surface area contributed by atoms with Gasteiger partial charge in [0, 0.05) is 5.02 Å². The van der Waals surface area contributed by atoms with Gasteiger partial charge in [0.05, 0.1) is 16.8 Å². The molecule has 1 heterocycles. The van der Waals surface area contributed by atoms with Crippen LogP contribution in [0, 0.1) is 5.82 Å². The summed E-state index contributed by atoms with van der Waals surface area (Å²) in [6.45, 7) is 0.594. The van der Waals surface area contributed by atoms with E-state index in [2.05, 4.69) is 5.32 Å². The van der Waals surface area contributed by atoms with E-state index in [1.165, 1.54) is 31.2 Å². The van der Waals surface area contributed by atoms with E-state index in [1.54, 1.807) is 12.1 Å². The molecule has 144 valence electrons. The number of nitrogens with zero attached hydrogens (tertiary/aromatic N) is 1. The Kier molecular flexibility index (Phi) is 5.41. The van der Waals surface area contributed by atoms with Gasteiger partial charge in [-0.2, -0.15) is 0 Å². The molecule has 2 aromatic rings. The number of fused-ring (bicyclic) bond motifs is 1. The van der Waals surface area contributed by atoms with Crippen molar-refractivity contribution in [2.45, 2.75) is 13.0 Å². The van der Waals surface area contributed by atoms with Gasteiger partial charge in [-0.05, 0) is 37.3 Å². The minimum atomic E-state index is -1.23. The monoisotopic (exact) mass is 404 g/mol. The van der Waals surface area contributed by atoms with Gasteiger partial charge in [0.2, 0.25) is 0 Å². The second-order valence-electron chi connectivity index (χ2n) is 5.98. The molecule has 3 rings (SSSR count). The zero-order valence-corrected chi connectivity index (χ0v) is 15.3. The van der Waals surface area contributed by atoms with Gasteiger partial charge in [0.15, 0.2) is 6.61 Å². The van der Waals surface area contributed by atoms with Crippen LogP contribution in [0.25, 0.3) is 0 Å². The van der Waals surface area contributed by atoms with Crippen molar-refractivity contribution < 1.29 is 28.3 Å². The van der Waals surface area contributed by atoms with Crippen molar-refractivity contribution in [3.05, 3.63) is 64.4 Å². The standard InChI is InChI=1S/C19H14ClFN2O5/c1-10(23-17(25)12-4-2-3-5-13(12)18(23)26)19(27)28-9-16(24)22-15-8-11(20)6-7-14(15)21/h2-8,10H,9H2,1H3,(H,22,24)/t10-/m0/s1. The van der Waals surface area contributed by atoms with E-state index in [0.717, 1.165) is 11.0 Å². The second kappa shape index (κ2) is 7.77. The molecular weight excluding hydrogens is 391 g/mol. The number of hydrogen-bond donors (Lipinski definition) is 1. The maximum Gasteiger partial charge on any atom is 0.329 e. The predicted molar refractivity (Wildman–Crippen MR) is 97.4 cm³/mol. The smallest absolute Gasteiger partial charge is 0.329 e. The number of esters is 1. The van der Waals surface area contributed by atoms with Crippen molar-refractivity contribution in [3.8, 4) is 0 Å². The fourth-order valence-corrected chi connectivity index (χ4v) is 2.87. The van der Waals surface area contributed by atoms with E-state index in [4.69, 9.17) is 16.3 Å². The molecule has 1 aliphatic heterocycles. The first-order chi connectivity index (χ1) is 13.3. The highest BCUT2D eigenvalue weighted by Gasteiger charge is 2.41. The molecule has 0 radical (unpaired) electrons. The maximum atomic E-state index is 13.6. The molecule has 0 fully saturated rings. The molecule has 1 atom stereocenters. The van der Waals surface area contributed by atoms with Crippen LogP contribution in [-0.2, 0) is 14.3 Å². The highest BCUT2D eigenvalue weighted by Crippen LogP contribution is 2.25. The molecule has 0 aromatic heterocycles. The summed E-state index contributed by atoms with van der Waals surface area (Å²) in [5.74, 6) is -3.69. The van der Waals surface area contributed by atoms with Crippen LogP contribution in [0.4, 0.5) is 10.1 Å². The average Bonchev–Trinajstić information content (AvgIpc) is 2.93. The van der Waals surface area contributed by atoms with E-state index in [0.29, 0.717) is 0 Å². The molecule has 0 bridgehead atoms. The van der Waals surface area contributed by atoms with Gasteiger partial charge in [-0.3, -0.25) is 19.3 Å². The number of carbonyl (C=O) groups excluding carboxylic acids is 4. The third kappa shape index (κ3) is 3.72. The van der Waals surface area contributed by atoms with Gasteiger partial charge < -0.3 is 10.1 Å². The Morgan fingerprint density at radius 1 is 1.14 bits per heavy atom. The van der Waals surface area contributed by atoms with Crippen LogP contribution in [0.3, 0.4) is 0 Å². The molecule has 1 aliphatic rings. The van der Waals surface area contributed by atoms with E-state index in [-0.39, 0.29) is 21.8 Å². The summed E-state index contributed by atoms with van der Waals surface area (Å²) >= 11 is 5.74. The quantitative estimate of drug-likeness (QED) is 0.611. The molecule has 7 nitrogen and oxygen atoms in total. The van der Waals surface area contributed by atoms with Crippen molar-refractivity contribution in [2.75, 3.05) is 11.9 Å². The van der Waals surface area contributed by atoms with Crippen molar-refractivity contribution in [3.63, 3.8) is 0 Å². The number of imide groups is 1. The summed E-state index contributed by atoms with van der Waals surface area (Å²) < 4.78 is 18.5. The van der Waals surface area contributed by atoms with Gasteiger partial charge in [0.25, 0.3) is 17.7 Å². The number of hydrogen-bond acceptors (Lipinski definition) is 5. The Morgan fingerprint density at radius 2 is 1.75 bits per heavy atom. The van der Waals surface area contributed by atoms with Gasteiger partial charge in [0.1, 0.15) is 11.9 Å². The molecule has 0 unspecified atom stereocenters. The Balaban J connectivity index is 1.61. The number of anilines is 1. The zero-order valence-electron chi connectivity index (χ0n) is 14.6. The lowest BCUT2D eigenvalue weighted by molar-refractivity contribution is -0.150. The summed E-state index contributed by atoms with van der Waals surface area (Å²) in [6.07, 6.45) is 0. The summed E-state index contributed by atoms with van der Waals surface area (Å²) in [5, 5.41) is 2.44. The Labute approximate surface area is 164 Å². The third-order valence-electron chi connectivity index (χ3n) is 4.10. The van der Waals surface area contributed by atoms with Crippen LogP contribution < -0.4 is 5.32 Å². The molecule has 3 amide bonds. The van der Waals surface area contributed by atoms with Gasteiger partial charge in [-0.25, -0.2) is 9.18 Å². The van der Waals surface area contributed by atoms with Crippen molar-refractivity contribution in [1.29, 1.82) is 0 Å². The minimum Gasteiger partial charge on any atom is -0.454 e. The summed E-state index contributed by atoms with van der Waals surface area (Å²) in [6, 6.07) is 8.55. The van der Waals surface area contributed by atoms with Crippen LogP contribution in [0.5, 0.6) is 0 Å². The van der Waals surface area contributed by atoms with E-state index < -0.39 is 42.2 Å². The molecule has 0 aliphatic carbocycles. The normalized spacial score (nSPS) is 13.9. The Hall–Kier alpha value is -3.26. The number of amides is 3. The number of ether oxygens (including phenoxy) is 1. The molecule has 1 N–H and O–H groups in total. The van der Waals surface area contributed by atoms with E-state index in [9.17, 15) is 23.6 Å². The van der Waals surface area contributed by atoms with Crippen LogP contribution in [0.2, 0.25) is 5.02 Å². The summed E-state index contributed by atoms with van der Waals surface area (Å²) in [4.78, 5) is 49.6. The fraction of sp³-hybridized carbons (Fsp3) is 0.158. The minimum absolute atomic E-state index is 0.165. The highest BCUT2D eigenvalue weighted by molar-refractivity contribution is 6.31. The number of rotatable bonds is 5. The van der Waals surface area contributed by atoms with Crippen molar-refractivity contribution in [2.24, 2.45) is 0 Å². The van der Waals surface area contributed by atoms with E-state index in [1.807, 2.05) is 0 Å². The average molecular weight is 405 g/mol. The summed E-state index contributed by atoms with van der Waals surface area (Å²) in [7, 11) is 0. The van der Waals surface area contributed by atoms with Crippen molar-refractivity contribution >= 4 is 41.0 Å². The van der Waals surface area contributed by atoms with Gasteiger partial charge in [-0.1, -0.05) is 23.7 Å². The third-order valence-corrected chi connectivity index (χ3v) is 4.34. The number of carbonyl (C=O) groups is 4. The molecule has 0 saturated carbocycles. The first-order valence-corrected chi connectivity index (χ1v) is 8.56. The Bertz CT molecular complexity index is 959. The first-order valence-electron chi connectivity index (χ1n) is 8.18. The predicted octanol–water partition coefficient (Wildman–Crippen LogP) is 2.65. The van der Waals surface area contributed by atoms with Crippen LogP contribution in [0.15, 0.2) is 42.5 Å². The van der Waals surface area contributed by atoms with Crippen LogP contribution >= 0.6 is 11.6 Å². The Morgan fingerprint density at radius 3 is 2.36 bits per heavy atom. The number of benzene rings is 2. The molecule has 0 saturated heterocycles. The largest absolute Gasteiger partial charge is 0.454 e. The van der Waals surface area contributed by atoms with Gasteiger partial charge in [-0.15, -0.1) is 0 Å². The summed E-state index contributed by atoms with van der Waals surface area (Å²) in [5.41, 5.74) is 0.226.